The molecular weight excluding hydrogens is 248 g/mol. The quantitative estimate of drug-likeness (QED) is 0.830. The second kappa shape index (κ2) is 6.46. The molecule has 3 rings (SSSR count). The SMILES string of the molecule is CC(CC1CCCCC1)C(=O)NC1CC2CCC(C1)N2. The minimum atomic E-state index is 0.200. The fourth-order valence-corrected chi connectivity index (χ4v) is 4.55. The van der Waals surface area contributed by atoms with Crippen LogP contribution in [0.3, 0.4) is 0 Å². The first-order chi connectivity index (χ1) is 9.70. The molecule has 20 heavy (non-hydrogen) atoms. The maximum Gasteiger partial charge on any atom is 0.223 e. The van der Waals surface area contributed by atoms with Crippen LogP contribution >= 0.6 is 0 Å². The standard InChI is InChI=1S/C17H30N2O/c1-12(9-13-5-3-2-4-6-13)17(20)19-16-10-14-7-8-15(11-16)18-14/h12-16,18H,2-11H2,1H3,(H,19,20). The van der Waals surface area contributed by atoms with Gasteiger partial charge in [0, 0.05) is 24.0 Å². The molecule has 2 heterocycles. The molecule has 114 valence electrons. The lowest BCUT2D eigenvalue weighted by Gasteiger charge is -2.31. The topological polar surface area (TPSA) is 41.1 Å². The van der Waals surface area contributed by atoms with Crippen LogP contribution < -0.4 is 10.6 Å². The molecule has 3 atom stereocenters. The molecule has 2 aliphatic heterocycles. The van der Waals surface area contributed by atoms with Gasteiger partial charge in [-0.05, 0) is 38.0 Å². The predicted molar refractivity (Wildman–Crippen MR) is 81.5 cm³/mol. The summed E-state index contributed by atoms with van der Waals surface area (Å²) in [4.78, 5) is 12.4. The van der Waals surface area contributed by atoms with Gasteiger partial charge in [0.25, 0.3) is 0 Å². The lowest BCUT2D eigenvalue weighted by atomic mass is 9.83. The summed E-state index contributed by atoms with van der Waals surface area (Å²) in [5, 5.41) is 6.97. The fraction of sp³-hybridized carbons (Fsp3) is 0.941. The smallest absolute Gasteiger partial charge is 0.223 e. The van der Waals surface area contributed by atoms with Crippen LogP contribution in [0.4, 0.5) is 0 Å². The Hall–Kier alpha value is -0.570. The first-order valence-corrected chi connectivity index (χ1v) is 8.77. The van der Waals surface area contributed by atoms with Gasteiger partial charge in [-0.1, -0.05) is 39.0 Å². The summed E-state index contributed by atoms with van der Waals surface area (Å²) in [5.41, 5.74) is 0. The van der Waals surface area contributed by atoms with E-state index in [1.54, 1.807) is 0 Å². The number of amides is 1. The highest BCUT2D eigenvalue weighted by molar-refractivity contribution is 5.78. The number of hydrogen-bond donors (Lipinski definition) is 2. The Morgan fingerprint density at radius 3 is 2.40 bits per heavy atom. The zero-order valence-corrected chi connectivity index (χ0v) is 12.9. The Bertz CT molecular complexity index is 326. The third-order valence-electron chi connectivity index (χ3n) is 5.68. The molecule has 3 aliphatic rings. The highest BCUT2D eigenvalue weighted by atomic mass is 16.1. The zero-order chi connectivity index (χ0) is 13.9. The molecule has 3 unspecified atom stereocenters. The molecular formula is C17H30N2O. The third kappa shape index (κ3) is 3.55. The second-order valence-electron chi connectivity index (χ2n) is 7.46. The van der Waals surface area contributed by atoms with Crippen LogP contribution in [0, 0.1) is 11.8 Å². The molecule has 2 N–H and O–H groups in total. The van der Waals surface area contributed by atoms with E-state index in [9.17, 15) is 4.79 Å². The van der Waals surface area contributed by atoms with E-state index < -0.39 is 0 Å². The second-order valence-corrected chi connectivity index (χ2v) is 7.46. The van der Waals surface area contributed by atoms with Crippen LogP contribution in [-0.2, 0) is 4.79 Å². The normalized spacial score (nSPS) is 35.8. The number of nitrogens with one attached hydrogen (secondary N) is 2. The van der Waals surface area contributed by atoms with Gasteiger partial charge in [0.2, 0.25) is 5.91 Å². The van der Waals surface area contributed by atoms with E-state index in [4.69, 9.17) is 0 Å². The van der Waals surface area contributed by atoms with Crippen molar-refractivity contribution in [3.8, 4) is 0 Å². The largest absolute Gasteiger partial charge is 0.353 e. The lowest BCUT2D eigenvalue weighted by molar-refractivity contribution is -0.126. The number of carbonyl (C=O) groups is 1. The molecule has 1 saturated carbocycles. The van der Waals surface area contributed by atoms with Gasteiger partial charge in [-0.2, -0.15) is 0 Å². The minimum absolute atomic E-state index is 0.200. The van der Waals surface area contributed by atoms with E-state index in [1.807, 2.05) is 0 Å². The maximum absolute atomic E-state index is 12.4. The van der Waals surface area contributed by atoms with Crippen molar-refractivity contribution in [1.82, 2.24) is 10.6 Å². The number of hydrogen-bond acceptors (Lipinski definition) is 2. The summed E-state index contributed by atoms with van der Waals surface area (Å²) < 4.78 is 0. The van der Waals surface area contributed by atoms with Crippen LogP contribution in [0.1, 0.15) is 71.1 Å². The van der Waals surface area contributed by atoms with Gasteiger partial charge in [0.05, 0.1) is 0 Å². The van der Waals surface area contributed by atoms with E-state index in [1.165, 1.54) is 44.9 Å². The fourth-order valence-electron chi connectivity index (χ4n) is 4.55. The Balaban J connectivity index is 1.43. The highest BCUT2D eigenvalue weighted by Crippen LogP contribution is 2.30. The molecule has 0 aromatic rings. The number of fused-ring (bicyclic) bond motifs is 2. The van der Waals surface area contributed by atoms with Crippen molar-refractivity contribution in [1.29, 1.82) is 0 Å². The van der Waals surface area contributed by atoms with Gasteiger partial charge in [0.15, 0.2) is 0 Å². The Morgan fingerprint density at radius 2 is 1.75 bits per heavy atom. The summed E-state index contributed by atoms with van der Waals surface area (Å²) >= 11 is 0. The molecule has 1 amide bonds. The number of carbonyl (C=O) groups excluding carboxylic acids is 1. The number of piperidine rings is 1. The molecule has 0 spiro atoms. The van der Waals surface area contributed by atoms with Crippen molar-refractivity contribution in [2.45, 2.75) is 89.3 Å². The van der Waals surface area contributed by atoms with Crippen molar-refractivity contribution < 1.29 is 4.79 Å². The lowest BCUT2D eigenvalue weighted by Crippen LogP contribution is -2.49. The molecule has 3 heteroatoms. The molecule has 3 fully saturated rings. The molecule has 1 aliphatic carbocycles. The van der Waals surface area contributed by atoms with Gasteiger partial charge < -0.3 is 10.6 Å². The molecule has 3 nitrogen and oxygen atoms in total. The minimum Gasteiger partial charge on any atom is -0.353 e. The Kier molecular flexibility index (Phi) is 4.65. The van der Waals surface area contributed by atoms with E-state index in [2.05, 4.69) is 17.6 Å². The summed E-state index contributed by atoms with van der Waals surface area (Å²) in [6.07, 6.45) is 12.8. The highest BCUT2D eigenvalue weighted by Gasteiger charge is 2.34. The summed E-state index contributed by atoms with van der Waals surface area (Å²) in [6, 6.07) is 1.75. The van der Waals surface area contributed by atoms with Crippen LogP contribution in [0.15, 0.2) is 0 Å². The zero-order valence-electron chi connectivity index (χ0n) is 12.9. The summed E-state index contributed by atoms with van der Waals surface area (Å²) in [5.74, 6) is 1.31. The van der Waals surface area contributed by atoms with Crippen LogP contribution in [0.5, 0.6) is 0 Å². The van der Waals surface area contributed by atoms with Gasteiger partial charge in [-0.15, -0.1) is 0 Å². The molecule has 0 radical (unpaired) electrons. The molecule has 0 aromatic carbocycles. The van der Waals surface area contributed by atoms with Crippen molar-refractivity contribution in [3.63, 3.8) is 0 Å². The summed E-state index contributed by atoms with van der Waals surface area (Å²) in [7, 11) is 0. The van der Waals surface area contributed by atoms with Crippen molar-refractivity contribution in [2.75, 3.05) is 0 Å². The summed E-state index contributed by atoms with van der Waals surface area (Å²) in [6.45, 7) is 2.12. The van der Waals surface area contributed by atoms with Crippen LogP contribution in [0.25, 0.3) is 0 Å². The average Bonchev–Trinajstić information content (AvgIpc) is 2.79. The van der Waals surface area contributed by atoms with Crippen molar-refractivity contribution >= 4 is 5.91 Å². The van der Waals surface area contributed by atoms with Crippen LogP contribution in [0.2, 0.25) is 0 Å². The monoisotopic (exact) mass is 278 g/mol. The van der Waals surface area contributed by atoms with E-state index in [0.29, 0.717) is 24.0 Å². The predicted octanol–water partition coefficient (Wildman–Crippen LogP) is 2.99. The van der Waals surface area contributed by atoms with Gasteiger partial charge in [0.1, 0.15) is 0 Å². The molecule has 2 bridgehead atoms. The van der Waals surface area contributed by atoms with Gasteiger partial charge >= 0.3 is 0 Å². The van der Waals surface area contributed by atoms with E-state index >= 15 is 0 Å². The molecule has 0 aromatic heterocycles. The average molecular weight is 278 g/mol. The Labute approximate surface area is 123 Å². The first kappa shape index (κ1) is 14.4. The van der Waals surface area contributed by atoms with Crippen molar-refractivity contribution in [2.24, 2.45) is 11.8 Å². The van der Waals surface area contributed by atoms with E-state index in [0.717, 1.165) is 25.2 Å². The first-order valence-electron chi connectivity index (χ1n) is 8.77. The third-order valence-corrected chi connectivity index (χ3v) is 5.68. The van der Waals surface area contributed by atoms with Gasteiger partial charge in [-0.25, -0.2) is 0 Å². The van der Waals surface area contributed by atoms with Crippen LogP contribution in [-0.4, -0.2) is 24.0 Å². The van der Waals surface area contributed by atoms with E-state index in [-0.39, 0.29) is 5.92 Å². The van der Waals surface area contributed by atoms with Gasteiger partial charge in [-0.3, -0.25) is 4.79 Å². The number of rotatable bonds is 4. The maximum atomic E-state index is 12.4. The Morgan fingerprint density at radius 1 is 1.10 bits per heavy atom. The molecule has 2 saturated heterocycles. The van der Waals surface area contributed by atoms with Crippen molar-refractivity contribution in [3.05, 3.63) is 0 Å².